The second-order valence-electron chi connectivity index (χ2n) is 16.7. The summed E-state index contributed by atoms with van der Waals surface area (Å²) in [5.74, 6) is -0.556. The van der Waals surface area contributed by atoms with Gasteiger partial charge < -0.3 is 20.3 Å². The van der Waals surface area contributed by atoms with Crippen molar-refractivity contribution in [1.29, 1.82) is 0 Å². The average molecular weight is 860 g/mol. The largest absolute Gasteiger partial charge is 0.462 e. The van der Waals surface area contributed by atoms with Crippen molar-refractivity contribution < 1.29 is 24.5 Å². The Hall–Kier alpha value is -3.48. The lowest BCUT2D eigenvalue weighted by atomic mass is 10.0. The van der Waals surface area contributed by atoms with Crippen molar-refractivity contribution in [2.45, 2.75) is 225 Å². The third-order valence-electron chi connectivity index (χ3n) is 10.8. The minimum atomic E-state index is -0.808. The number of hydrogen-bond donors (Lipinski definition) is 3. The first-order valence-corrected chi connectivity index (χ1v) is 25.2. The van der Waals surface area contributed by atoms with Crippen LogP contribution in [0.5, 0.6) is 0 Å². The zero-order valence-corrected chi connectivity index (χ0v) is 40.0. The number of unbranched alkanes of at least 4 members (excludes halogenated alkanes) is 20. The molecule has 0 aromatic heterocycles. The Balaban J connectivity index is 4.72. The smallest absolute Gasteiger partial charge is 0.306 e. The van der Waals surface area contributed by atoms with Crippen LogP contribution in [0.3, 0.4) is 0 Å². The number of aliphatic hydroxyl groups excluding tert-OH is 2. The number of amides is 1. The molecule has 1 amide bonds. The fourth-order valence-electron chi connectivity index (χ4n) is 7.05. The first kappa shape index (κ1) is 58.5. The lowest BCUT2D eigenvalue weighted by molar-refractivity contribution is -0.151. The summed E-state index contributed by atoms with van der Waals surface area (Å²) in [5.41, 5.74) is 0. The van der Waals surface area contributed by atoms with E-state index in [9.17, 15) is 19.8 Å². The van der Waals surface area contributed by atoms with Crippen molar-refractivity contribution in [2.24, 2.45) is 0 Å². The number of hydrogen-bond acceptors (Lipinski definition) is 5. The van der Waals surface area contributed by atoms with Gasteiger partial charge in [-0.3, -0.25) is 9.59 Å². The highest BCUT2D eigenvalue weighted by Gasteiger charge is 2.24. The van der Waals surface area contributed by atoms with E-state index in [1.165, 1.54) is 64.2 Å². The summed E-state index contributed by atoms with van der Waals surface area (Å²) in [4.78, 5) is 26.1. The fourth-order valence-corrected chi connectivity index (χ4v) is 7.05. The highest BCUT2D eigenvalue weighted by Crippen LogP contribution is 2.17. The molecular weight excluding hydrogens is 767 g/mol. The zero-order valence-electron chi connectivity index (χ0n) is 40.0. The van der Waals surface area contributed by atoms with Gasteiger partial charge in [-0.2, -0.15) is 0 Å². The Morgan fingerprint density at radius 2 is 0.871 bits per heavy atom. The molecule has 352 valence electrons. The molecule has 62 heavy (non-hydrogen) atoms. The Kier molecular flexibility index (Phi) is 45.8. The molecule has 0 saturated heterocycles. The van der Waals surface area contributed by atoms with E-state index in [2.05, 4.69) is 80.8 Å². The molecule has 6 nitrogen and oxygen atoms in total. The zero-order chi connectivity index (χ0) is 45.2. The van der Waals surface area contributed by atoms with E-state index in [0.29, 0.717) is 19.3 Å². The molecule has 3 N–H and O–H groups in total. The van der Waals surface area contributed by atoms with Gasteiger partial charge in [0.1, 0.15) is 6.10 Å². The van der Waals surface area contributed by atoms with E-state index in [1.807, 2.05) is 54.7 Å². The summed E-state index contributed by atoms with van der Waals surface area (Å²) >= 11 is 0. The number of esters is 1. The predicted molar refractivity (Wildman–Crippen MR) is 268 cm³/mol. The van der Waals surface area contributed by atoms with Crippen LogP contribution in [0.15, 0.2) is 109 Å². The van der Waals surface area contributed by atoms with Crippen LogP contribution in [0, 0.1) is 0 Å². The number of aliphatic hydroxyl groups is 2. The minimum absolute atomic E-state index is 0.0386. The van der Waals surface area contributed by atoms with Crippen LogP contribution < -0.4 is 5.32 Å². The molecule has 0 heterocycles. The third kappa shape index (κ3) is 43.2. The molecule has 0 aromatic carbocycles. The van der Waals surface area contributed by atoms with Crippen LogP contribution in [0.4, 0.5) is 0 Å². The maximum Gasteiger partial charge on any atom is 0.306 e. The lowest BCUT2D eigenvalue weighted by Crippen LogP contribution is -2.46. The number of ether oxygens (including phenoxy) is 1. The van der Waals surface area contributed by atoms with Crippen LogP contribution in [0.1, 0.15) is 207 Å². The molecule has 6 heteroatoms. The summed E-state index contributed by atoms with van der Waals surface area (Å²) in [6.45, 7) is 6.18. The van der Waals surface area contributed by atoms with Gasteiger partial charge in [-0.25, -0.2) is 0 Å². The van der Waals surface area contributed by atoms with Gasteiger partial charge in [0.2, 0.25) is 5.91 Å². The van der Waals surface area contributed by atoms with E-state index in [4.69, 9.17) is 4.74 Å². The SMILES string of the molecule is CC\C=C/C=C/C=C/C=C\C=C\C=C\CCCCCC(=O)OC(CCCCCCC/C=C/C=C/C=C/CC)CC(=O)NC(CO)C(O)CCCCCCCCCCCCCCC. The molecule has 3 atom stereocenters. The molecule has 0 aliphatic heterocycles. The fraction of sp³-hybridized carbons (Fsp3) is 0.643. The quantitative estimate of drug-likeness (QED) is 0.0322. The van der Waals surface area contributed by atoms with Crippen LogP contribution >= 0.6 is 0 Å². The van der Waals surface area contributed by atoms with Crippen LogP contribution in [-0.4, -0.2) is 46.9 Å². The van der Waals surface area contributed by atoms with Gasteiger partial charge in [0, 0.05) is 6.42 Å². The number of nitrogens with one attached hydrogen (secondary N) is 1. The highest BCUT2D eigenvalue weighted by molar-refractivity contribution is 5.77. The Labute approximate surface area is 381 Å². The molecule has 0 aliphatic rings. The number of rotatable bonds is 43. The summed E-state index contributed by atoms with van der Waals surface area (Å²) in [6.07, 6.45) is 65.7. The predicted octanol–water partition coefficient (Wildman–Crippen LogP) is 15.1. The molecule has 0 bridgehead atoms. The second-order valence-corrected chi connectivity index (χ2v) is 16.7. The van der Waals surface area contributed by atoms with Gasteiger partial charge in [-0.05, 0) is 64.2 Å². The molecule has 0 aliphatic carbocycles. The van der Waals surface area contributed by atoms with Crippen LogP contribution in [0.2, 0.25) is 0 Å². The monoisotopic (exact) mass is 860 g/mol. The maximum absolute atomic E-state index is 13.2. The van der Waals surface area contributed by atoms with E-state index in [1.54, 1.807) is 0 Å². The van der Waals surface area contributed by atoms with Gasteiger partial charge >= 0.3 is 5.97 Å². The minimum Gasteiger partial charge on any atom is -0.462 e. The van der Waals surface area contributed by atoms with Crippen molar-refractivity contribution in [3.63, 3.8) is 0 Å². The Morgan fingerprint density at radius 3 is 1.32 bits per heavy atom. The number of carbonyl (C=O) groups excluding carboxylic acids is 2. The Morgan fingerprint density at radius 1 is 0.484 bits per heavy atom. The van der Waals surface area contributed by atoms with Crippen molar-refractivity contribution >= 4 is 11.9 Å². The van der Waals surface area contributed by atoms with Crippen LogP contribution in [-0.2, 0) is 14.3 Å². The molecule has 0 radical (unpaired) electrons. The van der Waals surface area contributed by atoms with E-state index in [-0.39, 0.29) is 24.9 Å². The van der Waals surface area contributed by atoms with E-state index < -0.39 is 18.2 Å². The van der Waals surface area contributed by atoms with Crippen molar-refractivity contribution in [1.82, 2.24) is 5.32 Å². The van der Waals surface area contributed by atoms with Gasteiger partial charge in [-0.1, -0.05) is 239 Å². The number of carbonyl (C=O) groups is 2. The summed E-state index contributed by atoms with van der Waals surface area (Å²) < 4.78 is 5.90. The van der Waals surface area contributed by atoms with E-state index in [0.717, 1.165) is 96.3 Å². The van der Waals surface area contributed by atoms with Crippen molar-refractivity contribution in [3.05, 3.63) is 109 Å². The molecular formula is C56H93NO5. The standard InChI is InChI=1S/C56H93NO5/c1-4-7-10-13-16-19-22-25-26-27-28-31-34-37-40-43-46-49-56(61)62-52(47-44-41-38-35-32-29-23-20-17-14-11-8-5-2)50-55(60)57-53(51-58)54(59)48-45-42-39-36-33-30-24-21-18-15-12-9-6-3/h7-8,10-11,13-14,16-17,19-20,22-23,25-28,31,34,52-54,58-59H,4-6,9,12,15,18,21,24,29-30,32-33,35-51H2,1-3H3,(H,57,60)/b10-7-,11-8+,16-13+,17-14+,22-19+,23-20+,26-25-,28-27+,34-31+. The molecule has 3 unspecified atom stereocenters. The van der Waals surface area contributed by atoms with Gasteiger partial charge in [-0.15, -0.1) is 0 Å². The lowest BCUT2D eigenvalue weighted by Gasteiger charge is -2.24. The molecule has 0 fully saturated rings. The van der Waals surface area contributed by atoms with Gasteiger partial charge in [0.25, 0.3) is 0 Å². The molecule has 0 saturated carbocycles. The normalized spacial score (nSPS) is 14.2. The topological polar surface area (TPSA) is 95.9 Å². The Bertz CT molecular complexity index is 1280. The summed E-state index contributed by atoms with van der Waals surface area (Å²) in [7, 11) is 0. The van der Waals surface area contributed by atoms with Crippen LogP contribution in [0.25, 0.3) is 0 Å². The summed E-state index contributed by atoms with van der Waals surface area (Å²) in [5, 5.41) is 23.7. The maximum atomic E-state index is 13.2. The van der Waals surface area contributed by atoms with Crippen molar-refractivity contribution in [3.8, 4) is 0 Å². The first-order chi connectivity index (χ1) is 30.5. The molecule has 0 rings (SSSR count). The first-order valence-electron chi connectivity index (χ1n) is 25.2. The molecule has 0 spiro atoms. The van der Waals surface area contributed by atoms with Gasteiger partial charge in [0.15, 0.2) is 0 Å². The third-order valence-corrected chi connectivity index (χ3v) is 10.8. The highest BCUT2D eigenvalue weighted by atomic mass is 16.5. The van der Waals surface area contributed by atoms with Crippen molar-refractivity contribution in [2.75, 3.05) is 6.61 Å². The van der Waals surface area contributed by atoms with E-state index >= 15 is 0 Å². The van der Waals surface area contributed by atoms with Gasteiger partial charge in [0.05, 0.1) is 25.2 Å². The molecule has 0 aromatic rings. The number of allylic oxidation sites excluding steroid dienone is 18. The average Bonchev–Trinajstić information content (AvgIpc) is 3.26. The summed E-state index contributed by atoms with van der Waals surface area (Å²) in [6, 6.07) is -0.725. The second kappa shape index (κ2) is 48.6.